The van der Waals surface area contributed by atoms with Gasteiger partial charge < -0.3 is 0 Å². The molecule has 40 heavy (non-hydrogen) atoms. The van der Waals surface area contributed by atoms with Crippen molar-refractivity contribution < 1.29 is 24.2 Å². The van der Waals surface area contributed by atoms with Gasteiger partial charge in [-0.3, -0.25) is 0 Å². The van der Waals surface area contributed by atoms with Gasteiger partial charge in [0.2, 0.25) is 0 Å². The Morgan fingerprint density at radius 2 is 0.925 bits per heavy atom. The molecule has 7 rings (SSSR count). The summed E-state index contributed by atoms with van der Waals surface area (Å²) in [7, 11) is 0. The van der Waals surface area contributed by atoms with Gasteiger partial charge in [0.05, 0.1) is 0 Å². The summed E-state index contributed by atoms with van der Waals surface area (Å²) in [6.07, 6.45) is 0. The third kappa shape index (κ3) is 6.55. The van der Waals surface area contributed by atoms with E-state index in [-0.39, 0.29) is 0 Å². The normalized spacial score (nSPS) is 10.7. The summed E-state index contributed by atoms with van der Waals surface area (Å²) in [5.74, 6) is 0. The summed E-state index contributed by atoms with van der Waals surface area (Å²) in [6.45, 7) is 8.56. The van der Waals surface area contributed by atoms with Crippen molar-refractivity contribution in [2.24, 2.45) is 0 Å². The Morgan fingerprint density at radius 3 is 1.40 bits per heavy atom. The number of aryl methyl sites for hydroxylation is 4. The fraction of sp³-hybridized carbons (Fsp3) is 0.103. The Hall–Kier alpha value is -3.67. The summed E-state index contributed by atoms with van der Waals surface area (Å²) in [4.78, 5) is 0. The standard InChI is InChI=1S/C15H13.C13H10.C11H11.Zr/c1-10-3-5-14-12(7-10)9-13-8-11(2)4-6-15(13)14;1-3-7-12(8-4-1)11-13-9-5-2-6-10-13;1-8-3-6-11-9(2)4-5-10(11)7-8;/h3-9H,1-2H3;1-10H;3-7H,1-2H3;/q-1;;-1;+2. The summed E-state index contributed by atoms with van der Waals surface area (Å²) < 4.78 is 1.42. The van der Waals surface area contributed by atoms with E-state index in [2.05, 4.69) is 161 Å². The van der Waals surface area contributed by atoms with Crippen molar-refractivity contribution in [2.75, 3.05) is 0 Å². The van der Waals surface area contributed by atoms with Crippen molar-refractivity contribution in [3.63, 3.8) is 0 Å². The second kappa shape index (κ2) is 12.7. The zero-order chi connectivity index (χ0) is 28.1. The summed E-state index contributed by atoms with van der Waals surface area (Å²) in [6, 6.07) is 47.6. The van der Waals surface area contributed by atoms with E-state index in [1.165, 1.54) is 93.1 Å². The predicted octanol–water partition coefficient (Wildman–Crippen LogP) is 10.3. The Bertz CT molecular complexity index is 1780. The van der Waals surface area contributed by atoms with Crippen LogP contribution in [0.25, 0.3) is 32.3 Å². The molecule has 0 saturated heterocycles. The van der Waals surface area contributed by atoms with E-state index in [4.69, 9.17) is 0 Å². The average molecular weight is 594 g/mol. The molecule has 0 aliphatic rings. The van der Waals surface area contributed by atoms with Gasteiger partial charge >= 0.3 is 99.2 Å². The van der Waals surface area contributed by atoms with Crippen molar-refractivity contribution in [1.82, 2.24) is 0 Å². The molecule has 0 aliphatic carbocycles. The van der Waals surface area contributed by atoms with Crippen LogP contribution in [0.4, 0.5) is 0 Å². The van der Waals surface area contributed by atoms with E-state index in [1.807, 2.05) is 0 Å². The molecule has 0 fully saturated rings. The molecule has 0 amide bonds. The van der Waals surface area contributed by atoms with Gasteiger partial charge in [0.25, 0.3) is 0 Å². The predicted molar refractivity (Wildman–Crippen MR) is 172 cm³/mol. The molecule has 0 nitrogen and oxygen atoms in total. The number of rotatable bonds is 2. The molecule has 0 heterocycles. The first kappa shape index (κ1) is 27.9. The molecular weight excluding hydrogens is 560 g/mol. The summed E-state index contributed by atoms with van der Waals surface area (Å²) >= 11 is 1.46. The zero-order valence-electron chi connectivity index (χ0n) is 23.7. The third-order valence-electron chi connectivity index (χ3n) is 7.29. The van der Waals surface area contributed by atoms with Crippen LogP contribution in [0.15, 0.2) is 133 Å². The Labute approximate surface area is 253 Å². The Balaban J connectivity index is 0.000000123. The van der Waals surface area contributed by atoms with Crippen LogP contribution in [0.2, 0.25) is 0 Å². The van der Waals surface area contributed by atoms with Crippen molar-refractivity contribution in [3.8, 4) is 0 Å². The first-order valence-electron chi connectivity index (χ1n) is 13.8. The fourth-order valence-corrected chi connectivity index (χ4v) is 5.94. The molecule has 0 bridgehead atoms. The molecule has 0 unspecified atom stereocenters. The minimum atomic E-state index is 1.33. The molecule has 7 aromatic rings. The van der Waals surface area contributed by atoms with Crippen molar-refractivity contribution >= 4 is 35.5 Å². The molecule has 0 spiro atoms. The van der Waals surface area contributed by atoms with Crippen LogP contribution in [-0.2, 0) is 24.2 Å². The van der Waals surface area contributed by atoms with E-state index < -0.39 is 0 Å². The monoisotopic (exact) mass is 592 g/mol. The Kier molecular flexibility index (Phi) is 8.83. The van der Waals surface area contributed by atoms with Gasteiger partial charge in [-0.05, 0) is 20.8 Å². The number of fused-ring (bicyclic) bond motifs is 4. The average Bonchev–Trinajstić information content (AvgIpc) is 3.52. The maximum absolute atomic E-state index is 2.28. The van der Waals surface area contributed by atoms with Crippen LogP contribution in [-0.4, -0.2) is 3.21 Å². The molecule has 194 valence electrons. The second-order valence-corrected chi connectivity index (χ2v) is 11.8. The van der Waals surface area contributed by atoms with Gasteiger partial charge in [-0.1, -0.05) is 53.9 Å². The van der Waals surface area contributed by atoms with Crippen molar-refractivity contribution in [3.05, 3.63) is 167 Å². The van der Waals surface area contributed by atoms with E-state index >= 15 is 0 Å². The van der Waals surface area contributed by atoms with Crippen molar-refractivity contribution in [2.45, 2.75) is 27.7 Å². The minimum absolute atomic E-state index is 1.33. The van der Waals surface area contributed by atoms with E-state index in [0.29, 0.717) is 0 Å². The van der Waals surface area contributed by atoms with Crippen LogP contribution in [0, 0.1) is 27.7 Å². The topological polar surface area (TPSA) is 0 Å². The van der Waals surface area contributed by atoms with Gasteiger partial charge in [0.1, 0.15) is 0 Å². The maximum atomic E-state index is 2.28. The molecular formula is C39H34Zr. The molecule has 0 aliphatic heterocycles. The van der Waals surface area contributed by atoms with Crippen LogP contribution in [0.1, 0.15) is 33.4 Å². The molecule has 1 heteroatoms. The van der Waals surface area contributed by atoms with Crippen LogP contribution < -0.4 is 0 Å². The summed E-state index contributed by atoms with van der Waals surface area (Å²) in [5.41, 5.74) is 8.03. The first-order chi connectivity index (χ1) is 19.4. The number of hydrogen-bond acceptors (Lipinski definition) is 0. The Morgan fingerprint density at radius 1 is 0.500 bits per heavy atom. The van der Waals surface area contributed by atoms with E-state index in [1.54, 1.807) is 0 Å². The fourth-order valence-electron chi connectivity index (χ4n) is 5.12. The molecule has 0 N–H and O–H groups in total. The molecule has 0 saturated carbocycles. The van der Waals surface area contributed by atoms with E-state index in [0.717, 1.165) is 0 Å². The molecule has 7 aromatic carbocycles. The van der Waals surface area contributed by atoms with Crippen LogP contribution in [0.5, 0.6) is 0 Å². The number of benzene rings is 5. The second-order valence-electron chi connectivity index (χ2n) is 10.5. The van der Waals surface area contributed by atoms with Crippen LogP contribution in [0.3, 0.4) is 0 Å². The van der Waals surface area contributed by atoms with Gasteiger partial charge in [-0.2, -0.15) is 11.6 Å². The van der Waals surface area contributed by atoms with Gasteiger partial charge in [-0.15, -0.1) is 68.7 Å². The SMILES string of the molecule is Cc1ccc2c(C)c[cH-]c2c1.Cc1ccc2c(c1)[cH-]c1cc(C)ccc12.[Zr+2]=[C](c1ccccc1)c1ccccc1. The summed E-state index contributed by atoms with van der Waals surface area (Å²) in [5, 5.41) is 8.20. The van der Waals surface area contributed by atoms with Gasteiger partial charge in [-0.25, -0.2) is 0 Å². The van der Waals surface area contributed by atoms with Gasteiger partial charge in [0, 0.05) is 0 Å². The zero-order valence-corrected chi connectivity index (χ0v) is 26.2. The van der Waals surface area contributed by atoms with Crippen molar-refractivity contribution in [1.29, 1.82) is 0 Å². The van der Waals surface area contributed by atoms with Crippen LogP contribution >= 0.6 is 0 Å². The first-order valence-corrected chi connectivity index (χ1v) is 15.0. The molecule has 0 atom stereocenters. The van der Waals surface area contributed by atoms with Gasteiger partial charge in [0.15, 0.2) is 0 Å². The molecule has 0 aromatic heterocycles. The molecule has 0 radical (unpaired) electrons. The number of hydrogen-bond donors (Lipinski definition) is 0. The third-order valence-corrected chi connectivity index (χ3v) is 8.70. The van der Waals surface area contributed by atoms with E-state index in [9.17, 15) is 0 Å². The quantitative estimate of drug-likeness (QED) is 0.175.